The van der Waals surface area contributed by atoms with Crippen molar-refractivity contribution in [1.82, 2.24) is 5.32 Å². The van der Waals surface area contributed by atoms with Crippen molar-refractivity contribution in [2.75, 3.05) is 6.61 Å². The number of benzene rings is 1. The van der Waals surface area contributed by atoms with Gasteiger partial charge in [-0.15, -0.1) is 0 Å². The van der Waals surface area contributed by atoms with Gasteiger partial charge in [-0.3, -0.25) is 4.79 Å². The van der Waals surface area contributed by atoms with Crippen molar-refractivity contribution < 1.29 is 23.8 Å². The Labute approximate surface area is 194 Å². The van der Waals surface area contributed by atoms with Crippen LogP contribution in [0.25, 0.3) is 0 Å². The van der Waals surface area contributed by atoms with Gasteiger partial charge in [0.15, 0.2) is 0 Å². The Bertz CT molecular complexity index is 932. The third kappa shape index (κ3) is 4.38. The number of carbonyl (C=O) groups is 2. The fourth-order valence-corrected chi connectivity index (χ4v) is 7.43. The first kappa shape index (κ1) is 21.4. The van der Waals surface area contributed by atoms with Crippen LogP contribution in [0.5, 0.6) is 5.75 Å². The molecule has 6 aliphatic carbocycles. The van der Waals surface area contributed by atoms with Crippen molar-refractivity contribution in [2.45, 2.75) is 82.6 Å². The van der Waals surface area contributed by atoms with Crippen LogP contribution in [0, 0.1) is 34.9 Å². The van der Waals surface area contributed by atoms with Crippen LogP contribution in [0.2, 0.25) is 0 Å². The first-order chi connectivity index (χ1) is 15.9. The molecule has 1 aromatic rings. The molecule has 1 atom stereocenters. The minimum atomic E-state index is -1.06. The van der Waals surface area contributed by atoms with Crippen molar-refractivity contribution in [2.24, 2.45) is 29.1 Å². The molecule has 0 unspecified atom stereocenters. The molecule has 178 valence electrons. The van der Waals surface area contributed by atoms with Crippen LogP contribution in [0.1, 0.15) is 92.5 Å². The second kappa shape index (κ2) is 7.99. The summed E-state index contributed by atoms with van der Waals surface area (Å²) in [7, 11) is 0. The number of hydrogen-bond donors (Lipinski definition) is 2. The van der Waals surface area contributed by atoms with Gasteiger partial charge in [0.05, 0.1) is 12.2 Å². The molecule has 6 aliphatic rings. The summed E-state index contributed by atoms with van der Waals surface area (Å²) in [4.78, 5) is 24.4. The zero-order valence-electron chi connectivity index (χ0n) is 19.2. The molecule has 0 saturated heterocycles. The molecule has 7 rings (SSSR count). The molecule has 1 aromatic carbocycles. The maximum Gasteiger partial charge on any atom is 0.326 e. The van der Waals surface area contributed by atoms with Gasteiger partial charge in [-0.2, -0.15) is 0 Å². The van der Waals surface area contributed by atoms with E-state index in [2.05, 4.69) is 5.32 Å². The van der Waals surface area contributed by atoms with Crippen LogP contribution in [-0.4, -0.2) is 29.6 Å². The number of amides is 1. The predicted octanol–water partition coefficient (Wildman–Crippen LogP) is 5.28. The summed E-state index contributed by atoms with van der Waals surface area (Å²) in [6.45, 7) is 0.643. The largest absolute Gasteiger partial charge is 0.493 e. The van der Waals surface area contributed by atoms with Crippen LogP contribution >= 0.6 is 0 Å². The molecule has 0 aromatic heterocycles. The highest BCUT2D eigenvalue weighted by Gasteiger charge is 2.51. The zero-order valence-corrected chi connectivity index (χ0v) is 19.2. The summed E-state index contributed by atoms with van der Waals surface area (Å²) in [5.41, 5.74) is 1.07. The lowest BCUT2D eigenvalue weighted by Crippen LogP contribution is -2.48. The molecule has 6 fully saturated rings. The summed E-state index contributed by atoms with van der Waals surface area (Å²) in [6.07, 6.45) is 12.3. The number of carboxylic acids is 1. The summed E-state index contributed by atoms with van der Waals surface area (Å²) < 4.78 is 21.4. The summed E-state index contributed by atoms with van der Waals surface area (Å²) in [5.74, 6) is 1.39. The lowest BCUT2D eigenvalue weighted by atomic mass is 9.50. The molecular weight excluding hydrogens is 421 g/mol. The first-order valence-corrected chi connectivity index (χ1v) is 12.9. The van der Waals surface area contributed by atoms with Crippen molar-refractivity contribution in [1.29, 1.82) is 0 Å². The summed E-state index contributed by atoms with van der Waals surface area (Å²) in [5, 5.41) is 12.0. The lowest BCUT2D eigenvalue weighted by Gasteiger charge is -2.56. The Morgan fingerprint density at radius 1 is 1.06 bits per heavy atom. The fraction of sp³-hybridized carbons (Fsp3) is 0.704. The number of aliphatic carboxylic acids is 1. The molecule has 0 aliphatic heterocycles. The first-order valence-electron chi connectivity index (χ1n) is 12.9. The molecular formula is C27H34FNO4. The standard InChI is InChI=1S/C27H34FNO4/c28-22-10-24(33-14-27-11-16-5-17(12-27)7-18(6-16)13-27)20(19-3-4-19)9-21(22)25(30)29-23(26(31)32)8-15-1-2-15/h9-10,15-19,23H,1-8,11-14H2,(H,29,30)(H,31,32)/t16?,17?,18?,23-,27?/m0/s1. The second-order valence-corrected chi connectivity index (χ2v) is 11.9. The van der Waals surface area contributed by atoms with Crippen molar-refractivity contribution in [3.8, 4) is 5.75 Å². The van der Waals surface area contributed by atoms with Crippen LogP contribution in [0.4, 0.5) is 4.39 Å². The van der Waals surface area contributed by atoms with Gasteiger partial charge < -0.3 is 15.2 Å². The van der Waals surface area contributed by atoms with Gasteiger partial charge in [-0.1, -0.05) is 12.8 Å². The molecule has 2 N–H and O–H groups in total. The normalized spacial score (nSPS) is 33.1. The lowest BCUT2D eigenvalue weighted by molar-refractivity contribution is -0.139. The van der Waals surface area contributed by atoms with E-state index in [9.17, 15) is 14.7 Å². The third-order valence-corrected chi connectivity index (χ3v) is 8.93. The number of halogens is 1. The van der Waals surface area contributed by atoms with E-state index in [1.165, 1.54) is 44.6 Å². The molecule has 5 nitrogen and oxygen atoms in total. The Balaban J connectivity index is 1.19. The number of carboxylic acid groups (broad SMARTS) is 1. The Hall–Kier alpha value is -2.11. The fourth-order valence-electron chi connectivity index (χ4n) is 7.43. The van der Waals surface area contributed by atoms with Crippen LogP contribution in [0.15, 0.2) is 12.1 Å². The topological polar surface area (TPSA) is 75.6 Å². The summed E-state index contributed by atoms with van der Waals surface area (Å²) >= 11 is 0. The summed E-state index contributed by atoms with van der Waals surface area (Å²) in [6, 6.07) is 2.02. The van der Waals surface area contributed by atoms with E-state index in [4.69, 9.17) is 4.74 Å². The minimum Gasteiger partial charge on any atom is -0.493 e. The molecule has 33 heavy (non-hydrogen) atoms. The maximum atomic E-state index is 15.1. The molecule has 0 spiro atoms. The maximum absolute atomic E-state index is 15.1. The Morgan fingerprint density at radius 3 is 2.24 bits per heavy atom. The predicted molar refractivity (Wildman–Crippen MR) is 121 cm³/mol. The van der Waals surface area contributed by atoms with E-state index >= 15 is 4.39 Å². The smallest absolute Gasteiger partial charge is 0.326 e. The van der Waals surface area contributed by atoms with Crippen LogP contribution < -0.4 is 10.1 Å². The number of hydrogen-bond acceptors (Lipinski definition) is 3. The highest BCUT2D eigenvalue weighted by Crippen LogP contribution is 2.60. The average Bonchev–Trinajstić information content (AvgIpc) is 3.65. The van der Waals surface area contributed by atoms with E-state index in [0.717, 1.165) is 49.0 Å². The molecule has 0 radical (unpaired) electrons. The van der Waals surface area contributed by atoms with E-state index in [1.807, 2.05) is 0 Å². The van der Waals surface area contributed by atoms with Crippen LogP contribution in [-0.2, 0) is 4.79 Å². The van der Waals surface area contributed by atoms with Gasteiger partial charge in [0.25, 0.3) is 5.91 Å². The van der Waals surface area contributed by atoms with E-state index in [0.29, 0.717) is 30.6 Å². The minimum absolute atomic E-state index is 0.0684. The zero-order chi connectivity index (χ0) is 22.7. The van der Waals surface area contributed by atoms with Crippen molar-refractivity contribution in [3.63, 3.8) is 0 Å². The van der Waals surface area contributed by atoms with Gasteiger partial charge in [-0.05, 0) is 99.0 Å². The number of nitrogens with one attached hydrogen (secondary N) is 1. The second-order valence-electron chi connectivity index (χ2n) is 11.9. The Kier molecular flexibility index (Phi) is 5.19. The average molecular weight is 456 g/mol. The Morgan fingerprint density at radius 2 is 1.70 bits per heavy atom. The number of carbonyl (C=O) groups excluding carboxylic acids is 1. The molecule has 6 heteroatoms. The molecule has 4 bridgehead atoms. The van der Waals surface area contributed by atoms with E-state index in [-0.39, 0.29) is 11.0 Å². The SMILES string of the molecule is O=C(N[C@@H](CC1CC1)C(=O)O)c1cc(C2CC2)c(OCC23CC4CC(CC(C4)C2)C3)cc1F. The third-order valence-electron chi connectivity index (χ3n) is 8.93. The number of ether oxygens (including phenoxy) is 1. The van der Waals surface area contributed by atoms with Crippen molar-refractivity contribution in [3.05, 3.63) is 29.1 Å². The molecule has 6 saturated carbocycles. The molecule has 0 heterocycles. The van der Waals surface area contributed by atoms with Gasteiger partial charge in [0.1, 0.15) is 17.6 Å². The van der Waals surface area contributed by atoms with Crippen molar-refractivity contribution >= 4 is 11.9 Å². The number of rotatable bonds is 9. The molecule has 1 amide bonds. The highest BCUT2D eigenvalue weighted by molar-refractivity contribution is 5.97. The van der Waals surface area contributed by atoms with Gasteiger partial charge in [0, 0.05) is 11.5 Å². The van der Waals surface area contributed by atoms with E-state index < -0.39 is 23.7 Å². The van der Waals surface area contributed by atoms with Gasteiger partial charge >= 0.3 is 5.97 Å². The van der Waals surface area contributed by atoms with Crippen LogP contribution in [0.3, 0.4) is 0 Å². The van der Waals surface area contributed by atoms with E-state index in [1.54, 1.807) is 6.07 Å². The van der Waals surface area contributed by atoms with Gasteiger partial charge in [-0.25, -0.2) is 9.18 Å². The monoisotopic (exact) mass is 455 g/mol. The quantitative estimate of drug-likeness (QED) is 0.531. The highest BCUT2D eigenvalue weighted by atomic mass is 19.1. The van der Waals surface area contributed by atoms with Gasteiger partial charge in [0.2, 0.25) is 0 Å².